The summed E-state index contributed by atoms with van der Waals surface area (Å²) in [6.07, 6.45) is 4.22. The van der Waals surface area contributed by atoms with E-state index in [2.05, 4.69) is 15.9 Å². The summed E-state index contributed by atoms with van der Waals surface area (Å²) in [6, 6.07) is 6.94. The maximum atomic E-state index is 12.0. The average molecular weight is 368 g/mol. The molecule has 0 saturated carbocycles. The van der Waals surface area contributed by atoms with Crippen molar-refractivity contribution in [3.8, 4) is 0 Å². The van der Waals surface area contributed by atoms with Crippen molar-refractivity contribution in [3.63, 3.8) is 0 Å². The van der Waals surface area contributed by atoms with E-state index >= 15 is 0 Å². The smallest absolute Gasteiger partial charge is 0.351 e. The lowest BCUT2D eigenvalue weighted by molar-refractivity contribution is -0.685. The number of ether oxygens (including phenoxy) is 2. The van der Waals surface area contributed by atoms with Crippen LogP contribution in [0.3, 0.4) is 0 Å². The van der Waals surface area contributed by atoms with Gasteiger partial charge in [-0.2, -0.15) is 0 Å². The summed E-state index contributed by atoms with van der Waals surface area (Å²) in [5.74, 6) is -1.14. The third-order valence-electron chi connectivity index (χ3n) is 2.97. The highest BCUT2D eigenvalue weighted by molar-refractivity contribution is 9.10. The van der Waals surface area contributed by atoms with Crippen LogP contribution in [0, 0.1) is 0 Å². The lowest BCUT2D eigenvalue weighted by Crippen LogP contribution is -2.37. The molecule has 1 aromatic carbocycles. The zero-order valence-corrected chi connectivity index (χ0v) is 13.8. The van der Waals surface area contributed by atoms with Crippen LogP contribution in [0.4, 0.5) is 0 Å². The van der Waals surface area contributed by atoms with Crippen molar-refractivity contribution in [2.45, 2.75) is 12.6 Å². The first-order chi connectivity index (χ1) is 10.5. The molecule has 7 heteroatoms. The van der Waals surface area contributed by atoms with E-state index in [0.29, 0.717) is 5.56 Å². The number of halogens is 1. The molecule has 6 nitrogen and oxygen atoms in total. The Morgan fingerprint density at radius 1 is 1.32 bits per heavy atom. The molecule has 0 saturated heterocycles. The van der Waals surface area contributed by atoms with Gasteiger partial charge in [0.2, 0.25) is 12.4 Å². The predicted molar refractivity (Wildman–Crippen MR) is 80.6 cm³/mol. The number of benzene rings is 1. The summed E-state index contributed by atoms with van der Waals surface area (Å²) in [6.45, 7) is 0.0187. The molecule has 0 fully saturated rings. The maximum absolute atomic E-state index is 12.0. The van der Waals surface area contributed by atoms with Crippen LogP contribution in [-0.2, 0) is 32.7 Å². The van der Waals surface area contributed by atoms with Gasteiger partial charge in [0, 0.05) is 10.0 Å². The van der Waals surface area contributed by atoms with Crippen molar-refractivity contribution in [2.75, 3.05) is 7.11 Å². The highest BCUT2D eigenvalue weighted by atomic mass is 79.9. The minimum absolute atomic E-state index is 0.0187. The van der Waals surface area contributed by atoms with Crippen LogP contribution < -0.4 is 4.57 Å². The van der Waals surface area contributed by atoms with Gasteiger partial charge in [0.25, 0.3) is 0 Å². The molecular formula is C15H16BrN2O4+. The van der Waals surface area contributed by atoms with Crippen molar-refractivity contribution < 1.29 is 23.6 Å². The third kappa shape index (κ3) is 4.17. The molecule has 0 aliphatic carbocycles. The molecule has 0 amide bonds. The largest absolute Gasteiger partial charge is 0.466 e. The Morgan fingerprint density at radius 2 is 2.00 bits per heavy atom. The van der Waals surface area contributed by atoms with E-state index in [1.54, 1.807) is 52.1 Å². The summed E-state index contributed by atoms with van der Waals surface area (Å²) in [5, 5.41) is 0. The molecule has 22 heavy (non-hydrogen) atoms. The monoisotopic (exact) mass is 367 g/mol. The Kier molecular flexibility index (Phi) is 5.32. The Morgan fingerprint density at radius 3 is 2.55 bits per heavy atom. The van der Waals surface area contributed by atoms with Gasteiger partial charge in [-0.15, -0.1) is 0 Å². The fourth-order valence-corrected chi connectivity index (χ4v) is 2.17. The van der Waals surface area contributed by atoms with Crippen molar-refractivity contribution in [2.24, 2.45) is 7.05 Å². The van der Waals surface area contributed by atoms with E-state index < -0.39 is 18.0 Å². The van der Waals surface area contributed by atoms with E-state index in [1.807, 2.05) is 7.05 Å². The van der Waals surface area contributed by atoms with Crippen LogP contribution in [0.15, 0.2) is 47.5 Å². The number of methoxy groups -OCH3 is 1. The molecule has 1 atom stereocenters. The van der Waals surface area contributed by atoms with Crippen LogP contribution >= 0.6 is 15.9 Å². The fraction of sp³-hybridized carbons (Fsp3) is 0.267. The number of aromatic nitrogens is 2. The number of hydrogen-bond donors (Lipinski definition) is 0. The van der Waals surface area contributed by atoms with E-state index in [9.17, 15) is 9.59 Å². The van der Waals surface area contributed by atoms with Gasteiger partial charge in [-0.05, 0) is 12.1 Å². The van der Waals surface area contributed by atoms with Gasteiger partial charge in [0.15, 0.2) is 6.54 Å². The topological polar surface area (TPSA) is 61.4 Å². The normalized spacial score (nSPS) is 11.8. The number of aryl methyl sites for hydroxylation is 1. The summed E-state index contributed by atoms with van der Waals surface area (Å²) in [5.41, 5.74) is 0.557. The second-order valence-corrected chi connectivity index (χ2v) is 5.61. The lowest BCUT2D eigenvalue weighted by atomic mass is 10.1. The van der Waals surface area contributed by atoms with Gasteiger partial charge >= 0.3 is 11.9 Å². The maximum Gasteiger partial charge on any atom is 0.351 e. The number of carbonyl (C=O) groups excluding carboxylic acids is 2. The van der Waals surface area contributed by atoms with Crippen LogP contribution in [0.1, 0.15) is 11.7 Å². The molecule has 1 aromatic heterocycles. The first-order valence-electron chi connectivity index (χ1n) is 6.53. The molecule has 2 rings (SSSR count). The molecule has 0 aliphatic rings. The molecule has 0 bridgehead atoms. The summed E-state index contributed by atoms with van der Waals surface area (Å²) in [4.78, 5) is 23.9. The van der Waals surface area contributed by atoms with Gasteiger partial charge in [0.05, 0.1) is 14.2 Å². The standard InChI is InChI=1S/C15H16BrN2O4/c1-17-7-8-18(10-17)9-13(19)22-14(15(20)21-2)11-3-5-12(16)6-4-11/h3-8,10,14H,9H2,1-2H3/q+1. The number of imidazole rings is 1. The lowest BCUT2D eigenvalue weighted by Gasteiger charge is -2.15. The van der Waals surface area contributed by atoms with Crippen molar-refractivity contribution >= 4 is 27.9 Å². The predicted octanol–water partition coefficient (Wildman–Crippen LogP) is 1.53. The second-order valence-electron chi connectivity index (χ2n) is 4.70. The number of carbonyl (C=O) groups is 2. The first kappa shape index (κ1) is 16.2. The molecule has 0 aliphatic heterocycles. The summed E-state index contributed by atoms with van der Waals surface area (Å²) >= 11 is 3.32. The van der Waals surface area contributed by atoms with Crippen LogP contribution in [0.2, 0.25) is 0 Å². The fourth-order valence-electron chi connectivity index (χ4n) is 1.91. The molecule has 2 aromatic rings. The highest BCUT2D eigenvalue weighted by Gasteiger charge is 2.26. The summed E-state index contributed by atoms with van der Waals surface area (Å²) in [7, 11) is 3.11. The second kappa shape index (κ2) is 7.22. The minimum atomic E-state index is -1.07. The van der Waals surface area contributed by atoms with Gasteiger partial charge in [-0.1, -0.05) is 28.1 Å². The van der Waals surface area contributed by atoms with E-state index in [0.717, 1.165) is 4.47 Å². The van der Waals surface area contributed by atoms with Crippen molar-refractivity contribution in [1.29, 1.82) is 0 Å². The number of esters is 2. The molecule has 1 heterocycles. The molecule has 0 radical (unpaired) electrons. The molecular weight excluding hydrogens is 352 g/mol. The van der Waals surface area contributed by atoms with Gasteiger partial charge < -0.3 is 9.47 Å². The van der Waals surface area contributed by atoms with E-state index in [4.69, 9.17) is 9.47 Å². The average Bonchev–Trinajstić information content (AvgIpc) is 2.90. The summed E-state index contributed by atoms with van der Waals surface area (Å²) < 4.78 is 14.3. The zero-order chi connectivity index (χ0) is 16.1. The number of rotatable bonds is 5. The van der Waals surface area contributed by atoms with Crippen molar-refractivity contribution in [1.82, 2.24) is 4.57 Å². The molecule has 116 valence electrons. The molecule has 0 N–H and O–H groups in total. The van der Waals surface area contributed by atoms with Gasteiger partial charge in [-0.3, -0.25) is 0 Å². The Hall–Kier alpha value is -2.15. The minimum Gasteiger partial charge on any atom is -0.466 e. The van der Waals surface area contributed by atoms with Gasteiger partial charge in [0.1, 0.15) is 12.4 Å². The van der Waals surface area contributed by atoms with Crippen LogP contribution in [-0.4, -0.2) is 23.6 Å². The Labute approximate surface area is 136 Å². The third-order valence-corrected chi connectivity index (χ3v) is 3.50. The number of hydrogen-bond acceptors (Lipinski definition) is 4. The van der Waals surface area contributed by atoms with Crippen LogP contribution in [0.25, 0.3) is 0 Å². The Bertz CT molecular complexity index is 666. The quantitative estimate of drug-likeness (QED) is 0.593. The van der Waals surface area contributed by atoms with Crippen LogP contribution in [0.5, 0.6) is 0 Å². The Balaban J connectivity index is 2.11. The molecule has 1 unspecified atom stereocenters. The van der Waals surface area contributed by atoms with E-state index in [1.165, 1.54) is 7.11 Å². The SMILES string of the molecule is COC(=O)C(OC(=O)C[n+]1ccn(C)c1)c1ccc(Br)cc1. The zero-order valence-electron chi connectivity index (χ0n) is 12.2. The molecule has 0 spiro atoms. The highest BCUT2D eigenvalue weighted by Crippen LogP contribution is 2.21. The first-order valence-corrected chi connectivity index (χ1v) is 7.32. The van der Waals surface area contributed by atoms with E-state index in [-0.39, 0.29) is 6.54 Å². The van der Waals surface area contributed by atoms with Gasteiger partial charge in [-0.25, -0.2) is 18.7 Å². The number of nitrogens with zero attached hydrogens (tertiary/aromatic N) is 2. The van der Waals surface area contributed by atoms with Crippen molar-refractivity contribution in [3.05, 3.63) is 53.0 Å².